The van der Waals surface area contributed by atoms with Crippen molar-refractivity contribution in [3.05, 3.63) is 91.5 Å². The Labute approximate surface area is 200 Å². The van der Waals surface area contributed by atoms with Crippen LogP contribution in [0.5, 0.6) is 5.75 Å². The van der Waals surface area contributed by atoms with E-state index in [1.807, 2.05) is 30.3 Å². The highest BCUT2D eigenvalue weighted by molar-refractivity contribution is 5.83. The molecule has 0 spiro atoms. The first-order valence-corrected chi connectivity index (χ1v) is 11.6. The van der Waals surface area contributed by atoms with Crippen LogP contribution in [0.4, 0.5) is 0 Å². The summed E-state index contributed by atoms with van der Waals surface area (Å²) in [4.78, 5) is 4.06. The Bertz CT molecular complexity index is 1120. The topological polar surface area (TPSA) is 53.7 Å². The summed E-state index contributed by atoms with van der Waals surface area (Å²) in [6.07, 6.45) is 7.74. The van der Waals surface area contributed by atoms with Crippen LogP contribution in [0.15, 0.2) is 91.5 Å². The summed E-state index contributed by atoms with van der Waals surface area (Å²) in [7, 11) is 0. The van der Waals surface area contributed by atoms with E-state index in [4.69, 9.17) is 18.9 Å². The summed E-state index contributed by atoms with van der Waals surface area (Å²) in [5, 5.41) is 2.38. The number of pyridine rings is 2. The zero-order valence-corrected chi connectivity index (χ0v) is 19.3. The van der Waals surface area contributed by atoms with E-state index in [0.717, 1.165) is 17.9 Å². The van der Waals surface area contributed by atoms with Crippen molar-refractivity contribution in [2.45, 2.75) is 6.54 Å². The molecule has 6 nitrogen and oxygen atoms in total. The second-order valence-electron chi connectivity index (χ2n) is 7.76. The van der Waals surface area contributed by atoms with E-state index in [1.165, 1.54) is 16.3 Å². The third-order valence-electron chi connectivity index (χ3n) is 5.36. The highest BCUT2D eigenvalue weighted by atomic mass is 16.6. The largest absolute Gasteiger partial charge is 0.491 e. The number of aromatic nitrogens is 2. The Morgan fingerprint density at radius 2 is 1.21 bits per heavy atom. The lowest BCUT2D eigenvalue weighted by molar-refractivity contribution is -0.698. The van der Waals surface area contributed by atoms with Gasteiger partial charge in [0.05, 0.1) is 33.0 Å². The Balaban J connectivity index is 0.981. The van der Waals surface area contributed by atoms with E-state index < -0.39 is 0 Å². The average Bonchev–Trinajstić information content (AvgIpc) is 2.90. The Morgan fingerprint density at radius 1 is 0.588 bits per heavy atom. The van der Waals surface area contributed by atoms with Gasteiger partial charge in [-0.15, -0.1) is 0 Å². The predicted molar refractivity (Wildman–Crippen MR) is 132 cm³/mol. The Hall–Kier alpha value is -3.32. The number of benzene rings is 2. The maximum absolute atomic E-state index is 5.76. The van der Waals surface area contributed by atoms with E-state index in [2.05, 4.69) is 58.3 Å². The van der Waals surface area contributed by atoms with Crippen molar-refractivity contribution < 1.29 is 23.5 Å². The van der Waals surface area contributed by atoms with Gasteiger partial charge in [0.2, 0.25) is 0 Å². The normalized spacial score (nSPS) is 11.1. The summed E-state index contributed by atoms with van der Waals surface area (Å²) in [6.45, 7) is 4.71. The van der Waals surface area contributed by atoms with Crippen LogP contribution in [0, 0.1) is 0 Å². The van der Waals surface area contributed by atoms with Crippen molar-refractivity contribution in [3.63, 3.8) is 0 Å². The van der Waals surface area contributed by atoms with Gasteiger partial charge in [0.25, 0.3) is 0 Å². The fourth-order valence-corrected chi connectivity index (χ4v) is 3.53. The molecule has 176 valence electrons. The molecule has 4 aromatic rings. The Morgan fingerprint density at radius 3 is 1.94 bits per heavy atom. The second kappa shape index (κ2) is 13.4. The van der Waals surface area contributed by atoms with Gasteiger partial charge in [0.15, 0.2) is 18.9 Å². The molecule has 0 amide bonds. The van der Waals surface area contributed by atoms with Crippen LogP contribution in [0.1, 0.15) is 0 Å². The number of hydrogen-bond acceptors (Lipinski definition) is 5. The van der Waals surface area contributed by atoms with Crippen molar-refractivity contribution in [2.75, 3.05) is 46.2 Å². The molecule has 2 heterocycles. The number of rotatable bonds is 14. The van der Waals surface area contributed by atoms with E-state index in [0.29, 0.717) is 46.2 Å². The number of fused-ring (bicyclic) bond motifs is 1. The van der Waals surface area contributed by atoms with Gasteiger partial charge in [-0.1, -0.05) is 30.3 Å². The zero-order valence-electron chi connectivity index (χ0n) is 19.3. The molecule has 2 aromatic heterocycles. The lowest BCUT2D eigenvalue weighted by Gasteiger charge is -2.09. The van der Waals surface area contributed by atoms with Crippen molar-refractivity contribution in [1.82, 2.24) is 4.98 Å². The van der Waals surface area contributed by atoms with Crippen molar-refractivity contribution in [1.29, 1.82) is 0 Å². The van der Waals surface area contributed by atoms with E-state index in [-0.39, 0.29) is 0 Å². The van der Waals surface area contributed by atoms with Gasteiger partial charge in [-0.25, -0.2) is 4.57 Å². The molecule has 0 bridgehead atoms. The first kappa shape index (κ1) is 23.8. The summed E-state index contributed by atoms with van der Waals surface area (Å²) < 4.78 is 24.7. The third kappa shape index (κ3) is 7.63. The van der Waals surface area contributed by atoms with Crippen molar-refractivity contribution in [2.24, 2.45) is 0 Å². The van der Waals surface area contributed by atoms with Crippen LogP contribution < -0.4 is 9.30 Å². The van der Waals surface area contributed by atoms with Crippen LogP contribution in [-0.4, -0.2) is 51.2 Å². The summed E-state index contributed by atoms with van der Waals surface area (Å²) >= 11 is 0. The molecule has 0 radical (unpaired) electrons. The summed E-state index contributed by atoms with van der Waals surface area (Å²) in [5.41, 5.74) is 2.34. The fourth-order valence-electron chi connectivity index (χ4n) is 3.53. The second-order valence-corrected chi connectivity index (χ2v) is 7.76. The van der Waals surface area contributed by atoms with Crippen LogP contribution in [0.3, 0.4) is 0 Å². The van der Waals surface area contributed by atoms with Crippen LogP contribution in [0.25, 0.3) is 21.9 Å². The first-order valence-electron chi connectivity index (χ1n) is 11.6. The van der Waals surface area contributed by atoms with Gasteiger partial charge in [-0.05, 0) is 46.2 Å². The SMILES string of the molecule is c1ccc2cc(OCCOCCOCCOCC[n+]3ccc(-c4ccncc4)cc3)ccc2c1. The zero-order chi connectivity index (χ0) is 23.3. The van der Waals surface area contributed by atoms with Gasteiger partial charge >= 0.3 is 0 Å². The minimum Gasteiger partial charge on any atom is -0.491 e. The minimum absolute atomic E-state index is 0.517. The molecular weight excluding hydrogens is 428 g/mol. The van der Waals surface area contributed by atoms with Crippen molar-refractivity contribution >= 4 is 10.8 Å². The van der Waals surface area contributed by atoms with E-state index in [9.17, 15) is 0 Å². The molecule has 0 saturated heterocycles. The molecule has 0 saturated carbocycles. The van der Waals surface area contributed by atoms with Crippen LogP contribution >= 0.6 is 0 Å². The van der Waals surface area contributed by atoms with Crippen LogP contribution in [-0.2, 0) is 20.8 Å². The number of hydrogen-bond donors (Lipinski definition) is 0. The molecule has 0 fully saturated rings. The lowest BCUT2D eigenvalue weighted by Crippen LogP contribution is -2.35. The molecule has 0 aliphatic carbocycles. The molecule has 0 unspecified atom stereocenters. The van der Waals surface area contributed by atoms with Crippen molar-refractivity contribution in [3.8, 4) is 16.9 Å². The smallest absolute Gasteiger partial charge is 0.171 e. The summed E-state index contributed by atoms with van der Waals surface area (Å²) in [6, 6.07) is 22.6. The van der Waals surface area contributed by atoms with Crippen LogP contribution in [0.2, 0.25) is 0 Å². The maximum Gasteiger partial charge on any atom is 0.171 e. The first-order chi connectivity index (χ1) is 16.9. The number of ether oxygens (including phenoxy) is 4. The maximum atomic E-state index is 5.76. The molecule has 0 aliphatic rings. The molecule has 0 N–H and O–H groups in total. The fraction of sp³-hybridized carbons (Fsp3) is 0.286. The van der Waals surface area contributed by atoms with Gasteiger partial charge < -0.3 is 18.9 Å². The Kier molecular flexibility index (Phi) is 9.39. The lowest BCUT2D eigenvalue weighted by atomic mass is 10.1. The van der Waals surface area contributed by atoms with Gasteiger partial charge in [0.1, 0.15) is 19.0 Å². The third-order valence-corrected chi connectivity index (χ3v) is 5.36. The molecule has 0 atom stereocenters. The molecule has 0 aliphatic heterocycles. The standard InChI is InChI=1S/C28H31N2O4/c1-2-4-27-23-28(6-5-24(27)3-1)34-22-21-33-20-19-32-18-17-31-16-15-30-13-9-26(10-14-30)25-7-11-29-12-8-25/h1-14,23H,15-22H2/q+1. The molecule has 34 heavy (non-hydrogen) atoms. The van der Waals surface area contributed by atoms with Gasteiger partial charge in [0, 0.05) is 24.5 Å². The quantitative estimate of drug-likeness (QED) is 0.208. The number of nitrogens with zero attached hydrogens (tertiary/aromatic N) is 2. The molecule has 4 rings (SSSR count). The van der Waals surface area contributed by atoms with Gasteiger partial charge in [-0.3, -0.25) is 4.98 Å². The minimum atomic E-state index is 0.517. The van der Waals surface area contributed by atoms with E-state index >= 15 is 0 Å². The highest BCUT2D eigenvalue weighted by Gasteiger charge is 2.03. The molecule has 6 heteroatoms. The molecule has 2 aromatic carbocycles. The monoisotopic (exact) mass is 459 g/mol. The van der Waals surface area contributed by atoms with E-state index in [1.54, 1.807) is 12.4 Å². The molecular formula is C28H31N2O4+. The summed E-state index contributed by atoms with van der Waals surface area (Å²) in [5.74, 6) is 0.860. The predicted octanol–water partition coefficient (Wildman–Crippen LogP) is 4.32. The highest BCUT2D eigenvalue weighted by Crippen LogP contribution is 2.20. The van der Waals surface area contributed by atoms with Gasteiger partial charge in [-0.2, -0.15) is 0 Å². The average molecular weight is 460 g/mol.